The molecule has 27 heavy (non-hydrogen) atoms. The van der Waals surface area contributed by atoms with Gasteiger partial charge in [0.1, 0.15) is 11.1 Å². The molecule has 0 aliphatic heterocycles. The highest BCUT2D eigenvalue weighted by molar-refractivity contribution is 6.30. The zero-order valence-electron chi connectivity index (χ0n) is 16.6. The van der Waals surface area contributed by atoms with E-state index in [-0.39, 0.29) is 0 Å². The van der Waals surface area contributed by atoms with E-state index in [4.69, 9.17) is 16.3 Å². The first-order valence-electron chi connectivity index (χ1n) is 9.90. The molecular weight excluding hydrogens is 358 g/mol. The fraction of sp³-hybridized carbons (Fsp3) is 0.478. The Labute approximate surface area is 168 Å². The monoisotopic (exact) mass is 387 g/mol. The van der Waals surface area contributed by atoms with Gasteiger partial charge in [-0.25, -0.2) is 0 Å². The number of pyridine rings is 1. The first kappa shape index (κ1) is 21.4. The average Bonchev–Trinajstić information content (AvgIpc) is 2.66. The Morgan fingerprint density at radius 3 is 2.41 bits per heavy atom. The SMILES string of the molecule is CCCCCCc1ccc(-c2ccc(OC(=O)C(Cl)CC(C)C)cc2)nc1. The fourth-order valence-electron chi connectivity index (χ4n) is 2.88. The van der Waals surface area contributed by atoms with Gasteiger partial charge in [0.25, 0.3) is 0 Å². The summed E-state index contributed by atoms with van der Waals surface area (Å²) in [5.74, 6) is 0.456. The van der Waals surface area contributed by atoms with Crippen LogP contribution in [-0.4, -0.2) is 16.3 Å². The quantitative estimate of drug-likeness (QED) is 0.204. The molecule has 0 fully saturated rings. The predicted octanol–water partition coefficient (Wildman–Crippen LogP) is 6.43. The number of carbonyl (C=O) groups is 1. The van der Waals surface area contributed by atoms with Gasteiger partial charge in [-0.05, 0) is 61.1 Å². The van der Waals surface area contributed by atoms with Crippen LogP contribution in [0.15, 0.2) is 42.6 Å². The maximum absolute atomic E-state index is 12.0. The highest BCUT2D eigenvalue weighted by Crippen LogP contribution is 2.22. The molecule has 1 aromatic heterocycles. The molecule has 0 N–H and O–H groups in total. The molecule has 0 amide bonds. The Bertz CT molecular complexity index is 695. The number of benzene rings is 1. The van der Waals surface area contributed by atoms with Crippen molar-refractivity contribution in [2.24, 2.45) is 5.92 Å². The van der Waals surface area contributed by atoms with Crippen molar-refractivity contribution in [2.75, 3.05) is 0 Å². The fourth-order valence-corrected chi connectivity index (χ4v) is 3.28. The van der Waals surface area contributed by atoms with Crippen molar-refractivity contribution in [3.8, 4) is 17.0 Å². The number of halogens is 1. The van der Waals surface area contributed by atoms with Crippen LogP contribution < -0.4 is 4.74 Å². The normalized spacial score (nSPS) is 12.2. The van der Waals surface area contributed by atoms with Crippen LogP contribution in [0.1, 0.15) is 58.4 Å². The Morgan fingerprint density at radius 2 is 1.81 bits per heavy atom. The van der Waals surface area contributed by atoms with Crippen molar-refractivity contribution in [2.45, 2.75) is 64.7 Å². The highest BCUT2D eigenvalue weighted by atomic mass is 35.5. The molecule has 1 heterocycles. The molecule has 0 aliphatic rings. The van der Waals surface area contributed by atoms with Crippen molar-refractivity contribution < 1.29 is 9.53 Å². The number of nitrogens with zero attached hydrogens (tertiary/aromatic N) is 1. The smallest absolute Gasteiger partial charge is 0.329 e. The number of ether oxygens (including phenoxy) is 1. The summed E-state index contributed by atoms with van der Waals surface area (Å²) in [5, 5.41) is -0.615. The largest absolute Gasteiger partial charge is 0.425 e. The Morgan fingerprint density at radius 1 is 1.07 bits per heavy atom. The summed E-state index contributed by atoms with van der Waals surface area (Å²) in [6, 6.07) is 11.6. The van der Waals surface area contributed by atoms with Crippen LogP contribution in [0.4, 0.5) is 0 Å². The third-order valence-corrected chi connectivity index (χ3v) is 4.80. The molecule has 0 bridgehead atoms. The van der Waals surface area contributed by atoms with Crippen LogP contribution in [0.25, 0.3) is 11.3 Å². The minimum Gasteiger partial charge on any atom is -0.425 e. The molecule has 0 aliphatic carbocycles. The summed E-state index contributed by atoms with van der Waals surface area (Å²) in [5.41, 5.74) is 3.19. The van der Waals surface area contributed by atoms with Gasteiger partial charge in [-0.3, -0.25) is 9.78 Å². The number of alkyl halides is 1. The van der Waals surface area contributed by atoms with Gasteiger partial charge in [0.05, 0.1) is 5.69 Å². The lowest BCUT2D eigenvalue weighted by Crippen LogP contribution is -2.22. The van der Waals surface area contributed by atoms with E-state index in [0.29, 0.717) is 18.1 Å². The number of rotatable bonds is 10. The summed E-state index contributed by atoms with van der Waals surface area (Å²) in [6.45, 7) is 6.28. The van der Waals surface area contributed by atoms with E-state index in [1.54, 1.807) is 12.1 Å². The molecule has 1 atom stereocenters. The highest BCUT2D eigenvalue weighted by Gasteiger charge is 2.19. The van der Waals surface area contributed by atoms with Gasteiger partial charge in [-0.1, -0.05) is 46.1 Å². The summed E-state index contributed by atoms with van der Waals surface area (Å²) in [4.78, 5) is 16.6. The molecule has 0 spiro atoms. The molecule has 146 valence electrons. The van der Waals surface area contributed by atoms with Gasteiger partial charge in [0.15, 0.2) is 0 Å². The second-order valence-corrected chi connectivity index (χ2v) is 7.93. The summed E-state index contributed by atoms with van der Waals surface area (Å²) in [7, 11) is 0. The molecule has 1 unspecified atom stereocenters. The molecule has 0 saturated heterocycles. The third-order valence-electron chi connectivity index (χ3n) is 4.45. The lowest BCUT2D eigenvalue weighted by Gasteiger charge is -2.11. The molecule has 4 heteroatoms. The van der Waals surface area contributed by atoms with E-state index in [9.17, 15) is 4.79 Å². The van der Waals surface area contributed by atoms with Gasteiger partial charge < -0.3 is 4.74 Å². The van der Waals surface area contributed by atoms with Gasteiger partial charge in [-0.15, -0.1) is 11.6 Å². The Hall–Kier alpha value is -1.87. The van der Waals surface area contributed by atoms with E-state index in [2.05, 4.69) is 18.0 Å². The Balaban J connectivity index is 1.91. The van der Waals surface area contributed by atoms with Crippen LogP contribution in [0.2, 0.25) is 0 Å². The number of aromatic nitrogens is 1. The van der Waals surface area contributed by atoms with Gasteiger partial charge in [-0.2, -0.15) is 0 Å². The zero-order valence-corrected chi connectivity index (χ0v) is 17.3. The molecule has 3 nitrogen and oxygen atoms in total. The first-order chi connectivity index (χ1) is 13.0. The summed E-state index contributed by atoms with van der Waals surface area (Å²) in [6.07, 6.45) is 8.69. The molecule has 0 radical (unpaired) electrons. The maximum Gasteiger partial charge on any atom is 0.329 e. The van der Waals surface area contributed by atoms with Crippen LogP contribution in [-0.2, 0) is 11.2 Å². The van der Waals surface area contributed by atoms with E-state index >= 15 is 0 Å². The van der Waals surface area contributed by atoms with Crippen molar-refractivity contribution in [3.63, 3.8) is 0 Å². The molecule has 2 rings (SSSR count). The maximum atomic E-state index is 12.0. The number of carbonyl (C=O) groups excluding carboxylic acids is 1. The average molecular weight is 388 g/mol. The molecule has 1 aromatic carbocycles. The van der Waals surface area contributed by atoms with E-state index in [0.717, 1.165) is 17.7 Å². The number of hydrogen-bond acceptors (Lipinski definition) is 3. The summed E-state index contributed by atoms with van der Waals surface area (Å²) >= 11 is 6.09. The van der Waals surface area contributed by atoms with E-state index in [1.807, 2.05) is 38.2 Å². The number of hydrogen-bond donors (Lipinski definition) is 0. The standard InChI is InChI=1S/C23H30ClNO2/c1-4-5-6-7-8-18-9-14-22(25-16-18)19-10-12-20(13-11-19)27-23(26)21(24)15-17(2)3/h9-14,16-17,21H,4-8,15H2,1-3H3. The Kier molecular flexibility index (Phi) is 8.80. The molecule has 0 saturated carbocycles. The second kappa shape index (κ2) is 11.1. The lowest BCUT2D eigenvalue weighted by molar-refractivity contribution is -0.134. The number of aryl methyl sites for hydroxylation is 1. The number of esters is 1. The zero-order chi connectivity index (χ0) is 19.6. The minimum absolute atomic E-state index is 0.350. The topological polar surface area (TPSA) is 39.2 Å². The second-order valence-electron chi connectivity index (χ2n) is 7.40. The van der Waals surface area contributed by atoms with Crippen LogP contribution >= 0.6 is 11.6 Å². The number of unbranched alkanes of at least 4 members (excludes halogenated alkanes) is 3. The van der Waals surface area contributed by atoms with Gasteiger partial charge in [0, 0.05) is 11.8 Å². The van der Waals surface area contributed by atoms with Crippen LogP contribution in [0.5, 0.6) is 5.75 Å². The molecular formula is C23H30ClNO2. The third kappa shape index (κ3) is 7.34. The van der Waals surface area contributed by atoms with Crippen molar-refractivity contribution >= 4 is 17.6 Å². The van der Waals surface area contributed by atoms with Gasteiger partial charge >= 0.3 is 5.97 Å². The van der Waals surface area contributed by atoms with Crippen molar-refractivity contribution in [1.29, 1.82) is 0 Å². The predicted molar refractivity (Wildman–Crippen MR) is 112 cm³/mol. The van der Waals surface area contributed by atoms with Crippen molar-refractivity contribution in [1.82, 2.24) is 4.98 Å². The summed E-state index contributed by atoms with van der Waals surface area (Å²) < 4.78 is 5.36. The van der Waals surface area contributed by atoms with Crippen LogP contribution in [0.3, 0.4) is 0 Å². The van der Waals surface area contributed by atoms with E-state index < -0.39 is 11.3 Å². The first-order valence-corrected chi connectivity index (χ1v) is 10.3. The molecule has 2 aromatic rings. The van der Waals surface area contributed by atoms with E-state index in [1.165, 1.54) is 31.2 Å². The van der Waals surface area contributed by atoms with Gasteiger partial charge in [0.2, 0.25) is 0 Å². The minimum atomic E-state index is -0.615. The van der Waals surface area contributed by atoms with Crippen molar-refractivity contribution in [3.05, 3.63) is 48.2 Å². The lowest BCUT2D eigenvalue weighted by atomic mass is 10.1. The van der Waals surface area contributed by atoms with Crippen LogP contribution in [0, 0.1) is 5.92 Å².